The van der Waals surface area contributed by atoms with Crippen molar-refractivity contribution in [3.05, 3.63) is 16.4 Å². The van der Waals surface area contributed by atoms with Crippen LogP contribution in [0.25, 0.3) is 0 Å². The molecule has 0 aromatic carbocycles. The van der Waals surface area contributed by atoms with E-state index < -0.39 is 0 Å². The van der Waals surface area contributed by atoms with E-state index in [-0.39, 0.29) is 5.96 Å². The Balaban J connectivity index is 2.65. The van der Waals surface area contributed by atoms with E-state index in [2.05, 4.69) is 31.1 Å². The molecular weight excluding hydrogens is 210 g/mol. The minimum atomic E-state index is 0.0755. The van der Waals surface area contributed by atoms with Crippen LogP contribution in [0.1, 0.15) is 5.69 Å². The van der Waals surface area contributed by atoms with E-state index in [0.717, 1.165) is 10.2 Å². The van der Waals surface area contributed by atoms with Crippen molar-refractivity contribution in [2.45, 2.75) is 6.54 Å². The molecule has 11 heavy (non-hydrogen) atoms. The molecule has 0 atom stereocenters. The summed E-state index contributed by atoms with van der Waals surface area (Å²) in [5.41, 5.74) is 11.1. The number of hydrogen-bond donors (Lipinski definition) is 3. The Morgan fingerprint density at radius 3 is 2.91 bits per heavy atom. The molecule has 0 spiro atoms. The van der Waals surface area contributed by atoms with Crippen LogP contribution in [0, 0.1) is 0 Å². The zero-order chi connectivity index (χ0) is 8.27. The summed E-state index contributed by atoms with van der Waals surface area (Å²) in [5.74, 6) is 0.0755. The molecule has 0 aliphatic carbocycles. The standard InChI is InChI=1S/C5H8BrN5/c6-3-1-10-11-4(3)2-9-5(7)8/h1H,2H2,(H,10,11)(H4,7,8,9). The Labute approximate surface area is 72.0 Å². The lowest BCUT2D eigenvalue weighted by molar-refractivity contribution is 0.939. The fourth-order valence-electron chi connectivity index (χ4n) is 0.579. The second-order valence-electron chi connectivity index (χ2n) is 1.94. The maximum Gasteiger partial charge on any atom is 0.186 e. The van der Waals surface area contributed by atoms with Gasteiger partial charge in [0, 0.05) is 0 Å². The molecule has 0 unspecified atom stereocenters. The fourth-order valence-corrected chi connectivity index (χ4v) is 0.896. The van der Waals surface area contributed by atoms with E-state index in [1.807, 2.05) is 0 Å². The van der Waals surface area contributed by atoms with Crippen LogP contribution in [-0.2, 0) is 6.54 Å². The number of aromatic amines is 1. The molecule has 1 aromatic rings. The third-order valence-corrected chi connectivity index (χ3v) is 1.77. The number of rotatable bonds is 2. The van der Waals surface area contributed by atoms with E-state index in [0.29, 0.717) is 6.54 Å². The minimum absolute atomic E-state index is 0.0755. The van der Waals surface area contributed by atoms with Gasteiger partial charge in [0.25, 0.3) is 0 Å². The Bertz CT molecular complexity index is 262. The molecule has 0 fully saturated rings. The molecule has 0 radical (unpaired) electrons. The summed E-state index contributed by atoms with van der Waals surface area (Å²) < 4.78 is 0.877. The first-order chi connectivity index (χ1) is 5.20. The summed E-state index contributed by atoms with van der Waals surface area (Å²) in [6.07, 6.45) is 1.65. The van der Waals surface area contributed by atoms with Gasteiger partial charge in [0.1, 0.15) is 0 Å². The largest absolute Gasteiger partial charge is 0.370 e. The van der Waals surface area contributed by atoms with Crippen molar-refractivity contribution in [2.24, 2.45) is 16.5 Å². The number of H-pyrrole nitrogens is 1. The van der Waals surface area contributed by atoms with Gasteiger partial charge >= 0.3 is 0 Å². The number of aliphatic imine (C=N–C) groups is 1. The van der Waals surface area contributed by atoms with Crippen molar-refractivity contribution < 1.29 is 0 Å². The van der Waals surface area contributed by atoms with Crippen molar-refractivity contribution >= 4 is 21.9 Å². The number of halogens is 1. The molecule has 0 amide bonds. The van der Waals surface area contributed by atoms with Crippen molar-refractivity contribution in [3.8, 4) is 0 Å². The van der Waals surface area contributed by atoms with E-state index >= 15 is 0 Å². The third-order valence-electron chi connectivity index (χ3n) is 1.09. The molecule has 0 aliphatic heterocycles. The van der Waals surface area contributed by atoms with Crippen LogP contribution in [-0.4, -0.2) is 16.2 Å². The monoisotopic (exact) mass is 217 g/mol. The van der Waals surface area contributed by atoms with Gasteiger partial charge in [-0.25, -0.2) is 4.99 Å². The van der Waals surface area contributed by atoms with E-state index in [4.69, 9.17) is 11.5 Å². The Morgan fingerprint density at radius 1 is 1.73 bits per heavy atom. The van der Waals surface area contributed by atoms with Crippen LogP contribution < -0.4 is 11.5 Å². The molecule has 60 valence electrons. The smallest absolute Gasteiger partial charge is 0.186 e. The average Bonchev–Trinajstić information content (AvgIpc) is 2.31. The molecule has 1 rings (SSSR count). The fraction of sp³-hybridized carbons (Fsp3) is 0.200. The molecule has 5 nitrogen and oxygen atoms in total. The first-order valence-electron chi connectivity index (χ1n) is 2.93. The van der Waals surface area contributed by atoms with Gasteiger partial charge in [-0.2, -0.15) is 5.10 Å². The number of nitrogens with zero attached hydrogens (tertiary/aromatic N) is 2. The molecule has 1 heterocycles. The summed E-state index contributed by atoms with van der Waals surface area (Å²) in [6.45, 7) is 0.420. The lowest BCUT2D eigenvalue weighted by atomic mass is 10.4. The van der Waals surface area contributed by atoms with Crippen LogP contribution in [0.3, 0.4) is 0 Å². The number of nitrogens with one attached hydrogen (secondary N) is 1. The first kappa shape index (κ1) is 8.06. The summed E-state index contributed by atoms with van der Waals surface area (Å²) >= 11 is 3.27. The Kier molecular flexibility index (Phi) is 2.48. The van der Waals surface area contributed by atoms with E-state index in [9.17, 15) is 0 Å². The highest BCUT2D eigenvalue weighted by Crippen LogP contribution is 2.12. The molecule has 5 N–H and O–H groups in total. The predicted molar refractivity (Wildman–Crippen MR) is 45.8 cm³/mol. The van der Waals surface area contributed by atoms with Gasteiger partial charge in [-0.15, -0.1) is 0 Å². The maximum atomic E-state index is 5.14. The van der Waals surface area contributed by atoms with Crippen LogP contribution in [0.15, 0.2) is 15.7 Å². The molecule has 0 saturated heterocycles. The normalized spacial score (nSPS) is 9.55. The summed E-state index contributed by atoms with van der Waals surface area (Å²) in [6, 6.07) is 0. The zero-order valence-electron chi connectivity index (χ0n) is 5.71. The second kappa shape index (κ2) is 3.38. The van der Waals surface area contributed by atoms with Gasteiger partial charge in [-0.1, -0.05) is 0 Å². The molecular formula is C5H8BrN5. The van der Waals surface area contributed by atoms with Gasteiger partial charge < -0.3 is 11.5 Å². The quantitative estimate of drug-likeness (QED) is 0.479. The topological polar surface area (TPSA) is 93.1 Å². The highest BCUT2D eigenvalue weighted by atomic mass is 79.9. The predicted octanol–water partition coefficient (Wildman–Crippen LogP) is -0.0544. The van der Waals surface area contributed by atoms with Gasteiger partial charge in [-0.05, 0) is 15.9 Å². The first-order valence-corrected chi connectivity index (χ1v) is 3.72. The molecule has 0 saturated carbocycles. The number of hydrogen-bond acceptors (Lipinski definition) is 2. The Hall–Kier alpha value is -1.04. The van der Waals surface area contributed by atoms with Crippen molar-refractivity contribution in [1.82, 2.24) is 10.2 Å². The maximum absolute atomic E-state index is 5.14. The molecule has 6 heteroatoms. The third kappa shape index (κ3) is 2.23. The van der Waals surface area contributed by atoms with Crippen LogP contribution in [0.5, 0.6) is 0 Å². The highest BCUT2D eigenvalue weighted by molar-refractivity contribution is 9.10. The van der Waals surface area contributed by atoms with Gasteiger partial charge in [0.2, 0.25) is 0 Å². The van der Waals surface area contributed by atoms with Crippen molar-refractivity contribution in [2.75, 3.05) is 0 Å². The molecule has 0 bridgehead atoms. The highest BCUT2D eigenvalue weighted by Gasteiger charge is 1.98. The lowest BCUT2D eigenvalue weighted by Crippen LogP contribution is -2.22. The van der Waals surface area contributed by atoms with Crippen molar-refractivity contribution in [3.63, 3.8) is 0 Å². The van der Waals surface area contributed by atoms with E-state index in [1.165, 1.54) is 0 Å². The van der Waals surface area contributed by atoms with Gasteiger partial charge in [0.15, 0.2) is 5.96 Å². The number of guanidine groups is 1. The number of aromatic nitrogens is 2. The van der Waals surface area contributed by atoms with Gasteiger partial charge in [-0.3, -0.25) is 5.10 Å². The van der Waals surface area contributed by atoms with Crippen molar-refractivity contribution in [1.29, 1.82) is 0 Å². The number of nitrogens with two attached hydrogens (primary N) is 2. The average molecular weight is 218 g/mol. The zero-order valence-corrected chi connectivity index (χ0v) is 7.30. The summed E-state index contributed by atoms with van der Waals surface area (Å²) in [5, 5.41) is 6.52. The second-order valence-corrected chi connectivity index (χ2v) is 2.79. The van der Waals surface area contributed by atoms with Gasteiger partial charge in [0.05, 0.1) is 22.9 Å². The molecule has 0 aliphatic rings. The minimum Gasteiger partial charge on any atom is -0.370 e. The van der Waals surface area contributed by atoms with Crippen LogP contribution >= 0.6 is 15.9 Å². The van der Waals surface area contributed by atoms with Crippen LogP contribution in [0.4, 0.5) is 0 Å². The Morgan fingerprint density at radius 2 is 2.45 bits per heavy atom. The summed E-state index contributed by atoms with van der Waals surface area (Å²) in [7, 11) is 0. The SMILES string of the molecule is NC(N)=NCc1[nH]ncc1Br. The van der Waals surface area contributed by atoms with Crippen LogP contribution in [0.2, 0.25) is 0 Å². The lowest BCUT2D eigenvalue weighted by Gasteiger charge is -1.92. The van der Waals surface area contributed by atoms with E-state index in [1.54, 1.807) is 6.20 Å². The molecule has 1 aromatic heterocycles. The summed E-state index contributed by atoms with van der Waals surface area (Å²) in [4.78, 5) is 3.80.